The second-order valence-corrected chi connectivity index (χ2v) is 7.72. The molecule has 1 aliphatic heterocycles. The predicted molar refractivity (Wildman–Crippen MR) is 80.3 cm³/mol. The molecule has 1 aliphatic rings. The van der Waals surface area contributed by atoms with Crippen molar-refractivity contribution in [2.45, 2.75) is 65.8 Å². The van der Waals surface area contributed by atoms with E-state index >= 15 is 0 Å². The largest absolute Gasteiger partial charge is 0.382 e. The molecular formula is C17H27N. The van der Waals surface area contributed by atoms with Crippen LogP contribution in [0.1, 0.15) is 59.1 Å². The molecule has 0 aromatic heterocycles. The topological polar surface area (TPSA) is 12.0 Å². The zero-order chi connectivity index (χ0) is 13.6. The number of benzene rings is 1. The first kappa shape index (κ1) is 13.5. The van der Waals surface area contributed by atoms with Crippen LogP contribution in [0.25, 0.3) is 0 Å². The molecule has 0 radical (unpaired) electrons. The van der Waals surface area contributed by atoms with Crippen molar-refractivity contribution in [2.24, 2.45) is 5.41 Å². The third-order valence-corrected chi connectivity index (χ3v) is 4.05. The Morgan fingerprint density at radius 3 is 2.28 bits per heavy atom. The molecule has 0 aliphatic carbocycles. The van der Waals surface area contributed by atoms with Crippen LogP contribution in [0.2, 0.25) is 0 Å². The Kier molecular flexibility index (Phi) is 3.21. The highest BCUT2D eigenvalue weighted by Crippen LogP contribution is 2.35. The highest BCUT2D eigenvalue weighted by atomic mass is 14.9. The van der Waals surface area contributed by atoms with Crippen molar-refractivity contribution in [3.63, 3.8) is 0 Å². The first-order valence-electron chi connectivity index (χ1n) is 7.08. The lowest BCUT2D eigenvalue weighted by atomic mass is 9.79. The van der Waals surface area contributed by atoms with Gasteiger partial charge in [0.05, 0.1) is 0 Å². The Morgan fingerprint density at radius 2 is 1.72 bits per heavy atom. The van der Waals surface area contributed by atoms with Crippen molar-refractivity contribution >= 4 is 5.69 Å². The molecule has 1 heteroatoms. The molecule has 1 N–H and O–H groups in total. The number of rotatable bonds is 0. The smallest absolute Gasteiger partial charge is 0.0378 e. The molecule has 0 saturated heterocycles. The fraction of sp³-hybridized carbons (Fsp3) is 0.647. The zero-order valence-corrected chi connectivity index (χ0v) is 12.7. The third-order valence-electron chi connectivity index (χ3n) is 4.05. The van der Waals surface area contributed by atoms with E-state index in [-0.39, 0.29) is 5.41 Å². The van der Waals surface area contributed by atoms with E-state index in [1.165, 1.54) is 29.7 Å². The summed E-state index contributed by atoms with van der Waals surface area (Å²) in [6.07, 6.45) is 2.44. The van der Waals surface area contributed by atoms with Gasteiger partial charge in [-0.25, -0.2) is 0 Å². The number of nitrogens with one attached hydrogen (secondary N) is 1. The van der Waals surface area contributed by atoms with Gasteiger partial charge < -0.3 is 5.32 Å². The molecule has 0 spiro atoms. The van der Waals surface area contributed by atoms with Crippen LogP contribution in [0.15, 0.2) is 18.2 Å². The molecule has 1 unspecified atom stereocenters. The van der Waals surface area contributed by atoms with Crippen LogP contribution in [0, 0.1) is 5.41 Å². The third kappa shape index (κ3) is 2.71. The summed E-state index contributed by atoms with van der Waals surface area (Å²) in [6, 6.07) is 7.53. The molecule has 1 heterocycles. The minimum Gasteiger partial charge on any atom is -0.382 e. The molecule has 1 aromatic rings. The van der Waals surface area contributed by atoms with Gasteiger partial charge in [-0.2, -0.15) is 0 Å². The van der Waals surface area contributed by atoms with Crippen LogP contribution in [-0.4, -0.2) is 6.04 Å². The van der Waals surface area contributed by atoms with Crippen LogP contribution in [0.3, 0.4) is 0 Å². The lowest BCUT2D eigenvalue weighted by Gasteiger charge is -2.37. The summed E-state index contributed by atoms with van der Waals surface area (Å²) in [6.45, 7) is 13.8. The summed E-state index contributed by atoms with van der Waals surface area (Å²) in [7, 11) is 0. The molecule has 1 nitrogen and oxygen atoms in total. The van der Waals surface area contributed by atoms with Crippen molar-refractivity contribution in [1.82, 2.24) is 0 Å². The van der Waals surface area contributed by atoms with E-state index in [4.69, 9.17) is 0 Å². The first-order valence-corrected chi connectivity index (χ1v) is 7.08. The number of anilines is 1. The second-order valence-electron chi connectivity index (χ2n) is 7.72. The van der Waals surface area contributed by atoms with Crippen molar-refractivity contribution < 1.29 is 0 Å². The summed E-state index contributed by atoms with van der Waals surface area (Å²) in [5, 5.41) is 3.75. The Hall–Kier alpha value is -0.980. The van der Waals surface area contributed by atoms with Gasteiger partial charge in [0.25, 0.3) is 0 Å². The lowest BCUT2D eigenvalue weighted by molar-refractivity contribution is 0.321. The van der Waals surface area contributed by atoms with Gasteiger partial charge in [-0.1, -0.05) is 53.7 Å². The normalized spacial score (nSPS) is 20.2. The molecule has 0 amide bonds. The predicted octanol–water partition coefficient (Wildman–Crippen LogP) is 4.76. The van der Waals surface area contributed by atoms with Gasteiger partial charge in [0.2, 0.25) is 0 Å². The molecule has 2 rings (SSSR count). The van der Waals surface area contributed by atoms with Crippen molar-refractivity contribution in [2.75, 3.05) is 5.32 Å². The summed E-state index contributed by atoms with van der Waals surface area (Å²) in [5.74, 6) is 0. The highest BCUT2D eigenvalue weighted by molar-refractivity contribution is 5.57. The van der Waals surface area contributed by atoms with Gasteiger partial charge in [-0.3, -0.25) is 0 Å². The average molecular weight is 245 g/mol. The number of hydrogen-bond acceptors (Lipinski definition) is 1. The quantitative estimate of drug-likeness (QED) is 0.695. The van der Waals surface area contributed by atoms with Crippen LogP contribution < -0.4 is 5.32 Å². The second kappa shape index (κ2) is 4.29. The Bertz CT molecular complexity index is 432. The molecular weight excluding hydrogens is 218 g/mol. The number of aryl methyl sites for hydroxylation is 1. The Labute approximate surface area is 112 Å². The summed E-state index contributed by atoms with van der Waals surface area (Å²) in [5.41, 5.74) is 4.81. The van der Waals surface area contributed by atoms with E-state index in [1.54, 1.807) is 0 Å². The highest BCUT2D eigenvalue weighted by Gasteiger charge is 2.28. The molecule has 0 fully saturated rings. The molecule has 1 atom stereocenters. The minimum absolute atomic E-state index is 0.228. The van der Waals surface area contributed by atoms with Gasteiger partial charge in [0, 0.05) is 11.7 Å². The SMILES string of the molecule is CC(C)(C)c1ccc2c(c1)NC(C(C)(C)C)CC2. The van der Waals surface area contributed by atoms with E-state index in [1.807, 2.05) is 0 Å². The van der Waals surface area contributed by atoms with Crippen LogP contribution in [-0.2, 0) is 11.8 Å². The minimum atomic E-state index is 0.228. The summed E-state index contributed by atoms with van der Waals surface area (Å²) in [4.78, 5) is 0. The van der Waals surface area contributed by atoms with Gasteiger partial charge in [0.15, 0.2) is 0 Å². The van der Waals surface area contributed by atoms with Gasteiger partial charge >= 0.3 is 0 Å². The molecule has 0 saturated carbocycles. The molecule has 1 aromatic carbocycles. The standard InChI is InChI=1S/C17H27N/c1-16(2,3)13-9-7-12-8-10-15(17(4,5)6)18-14(12)11-13/h7,9,11,15,18H,8,10H2,1-6H3. The number of fused-ring (bicyclic) bond motifs is 1. The van der Waals surface area contributed by atoms with Crippen LogP contribution in [0.4, 0.5) is 5.69 Å². The van der Waals surface area contributed by atoms with Gasteiger partial charge in [-0.05, 0) is 40.9 Å². The first-order chi connectivity index (χ1) is 8.18. The van der Waals surface area contributed by atoms with E-state index in [0.29, 0.717) is 11.5 Å². The van der Waals surface area contributed by atoms with E-state index in [2.05, 4.69) is 65.1 Å². The number of hydrogen-bond donors (Lipinski definition) is 1. The molecule has 0 bridgehead atoms. The molecule has 100 valence electrons. The Morgan fingerprint density at radius 1 is 1.06 bits per heavy atom. The van der Waals surface area contributed by atoms with E-state index in [0.717, 1.165) is 0 Å². The van der Waals surface area contributed by atoms with Crippen LogP contribution >= 0.6 is 0 Å². The van der Waals surface area contributed by atoms with Gasteiger partial charge in [-0.15, -0.1) is 0 Å². The fourth-order valence-electron chi connectivity index (χ4n) is 2.60. The van der Waals surface area contributed by atoms with Crippen LogP contribution in [0.5, 0.6) is 0 Å². The average Bonchev–Trinajstić information content (AvgIpc) is 2.25. The van der Waals surface area contributed by atoms with Crippen molar-refractivity contribution in [3.05, 3.63) is 29.3 Å². The maximum Gasteiger partial charge on any atom is 0.0378 e. The lowest BCUT2D eigenvalue weighted by Crippen LogP contribution is -2.37. The zero-order valence-electron chi connectivity index (χ0n) is 12.7. The van der Waals surface area contributed by atoms with Crippen molar-refractivity contribution in [3.8, 4) is 0 Å². The van der Waals surface area contributed by atoms with Gasteiger partial charge in [0.1, 0.15) is 0 Å². The van der Waals surface area contributed by atoms with E-state index < -0.39 is 0 Å². The Balaban J connectivity index is 2.31. The fourth-order valence-corrected chi connectivity index (χ4v) is 2.60. The van der Waals surface area contributed by atoms with E-state index in [9.17, 15) is 0 Å². The summed E-state index contributed by atoms with van der Waals surface area (Å²) >= 11 is 0. The van der Waals surface area contributed by atoms with Crippen molar-refractivity contribution in [1.29, 1.82) is 0 Å². The molecule has 18 heavy (non-hydrogen) atoms. The summed E-state index contributed by atoms with van der Waals surface area (Å²) < 4.78 is 0. The monoisotopic (exact) mass is 245 g/mol. The maximum absolute atomic E-state index is 3.75. The maximum atomic E-state index is 3.75.